The van der Waals surface area contributed by atoms with Crippen LogP contribution in [-0.2, 0) is 39.6 Å². The molecule has 4 aliphatic rings. The molecule has 0 saturated carbocycles. The van der Waals surface area contributed by atoms with Crippen molar-refractivity contribution in [2.24, 2.45) is 17.0 Å². The number of para-hydroxylation sites is 1. The van der Waals surface area contributed by atoms with Gasteiger partial charge in [0.25, 0.3) is 11.8 Å². The van der Waals surface area contributed by atoms with Gasteiger partial charge in [-0.15, -0.1) is 0 Å². The van der Waals surface area contributed by atoms with Crippen LogP contribution in [0.3, 0.4) is 0 Å². The average molecular weight is 725 g/mol. The number of benzene rings is 4. The van der Waals surface area contributed by atoms with Crippen LogP contribution >= 0.6 is 0 Å². The highest BCUT2D eigenvalue weighted by molar-refractivity contribution is 6.14. The van der Waals surface area contributed by atoms with Gasteiger partial charge in [-0.05, 0) is 59.2 Å². The summed E-state index contributed by atoms with van der Waals surface area (Å²) >= 11 is 0. The summed E-state index contributed by atoms with van der Waals surface area (Å²) in [6, 6.07) is 19.6. The third kappa shape index (κ3) is 5.68. The fourth-order valence-electron chi connectivity index (χ4n) is 7.67. The van der Waals surface area contributed by atoms with E-state index >= 15 is 0 Å². The number of aryl methyl sites for hydroxylation is 1. The van der Waals surface area contributed by atoms with Crippen LogP contribution in [0.4, 0.5) is 11.4 Å². The number of hydrogen-bond acceptors (Lipinski definition) is 10. The van der Waals surface area contributed by atoms with E-state index in [9.17, 15) is 14.7 Å². The van der Waals surface area contributed by atoms with E-state index in [1.807, 2.05) is 48.2 Å². The van der Waals surface area contributed by atoms with Crippen LogP contribution in [0.1, 0.15) is 54.4 Å². The number of aromatic nitrogens is 2. The smallest absolute Gasteiger partial charge is 0.261 e. The summed E-state index contributed by atoms with van der Waals surface area (Å²) in [5.74, 6) is 1.36. The molecule has 0 fully saturated rings. The van der Waals surface area contributed by atoms with Crippen molar-refractivity contribution >= 4 is 35.6 Å². The predicted molar refractivity (Wildman–Crippen MR) is 200 cm³/mol. The second-order valence-corrected chi connectivity index (χ2v) is 13.7. The quantitative estimate of drug-likeness (QED) is 0.220. The van der Waals surface area contributed by atoms with Crippen LogP contribution in [-0.4, -0.2) is 70.2 Å². The van der Waals surface area contributed by atoms with E-state index in [1.54, 1.807) is 58.7 Å². The number of phenols is 1. The molecule has 0 spiro atoms. The Morgan fingerprint density at radius 2 is 1.56 bits per heavy atom. The van der Waals surface area contributed by atoms with Gasteiger partial charge >= 0.3 is 0 Å². The fraction of sp³-hybridized carbons (Fsp3) is 0.244. The molecule has 5 aromatic rings. The number of ether oxygens (including phenoxy) is 4. The molecule has 4 aromatic carbocycles. The van der Waals surface area contributed by atoms with Crippen molar-refractivity contribution in [2.75, 3.05) is 19.1 Å². The number of hydrogen-bond donors (Lipinski definition) is 1. The molecule has 0 bridgehead atoms. The second-order valence-electron chi connectivity index (χ2n) is 13.7. The number of anilines is 1. The Balaban J connectivity index is 0.918. The van der Waals surface area contributed by atoms with E-state index in [0.717, 1.165) is 22.6 Å². The van der Waals surface area contributed by atoms with Gasteiger partial charge in [0, 0.05) is 55.3 Å². The molecule has 0 saturated heterocycles. The maximum absolute atomic E-state index is 13.8. The maximum atomic E-state index is 13.8. The molecule has 5 heterocycles. The lowest BCUT2D eigenvalue weighted by atomic mass is 10.0. The third-order valence-corrected chi connectivity index (χ3v) is 10.4. The van der Waals surface area contributed by atoms with Gasteiger partial charge < -0.3 is 33.5 Å². The van der Waals surface area contributed by atoms with Crippen molar-refractivity contribution in [1.29, 1.82) is 0 Å². The molecule has 0 aliphatic carbocycles. The van der Waals surface area contributed by atoms with Crippen molar-refractivity contribution in [1.82, 2.24) is 14.5 Å². The Hall–Kier alpha value is -6.63. The molecule has 54 heavy (non-hydrogen) atoms. The standard InChI is InChI=1S/C41H36N6O7/c1-45-22-44-32-19-46-39(16-34(32)45)43-17-26-12-37(35(51-2)13-29(26)40(46)49)53-20-23-8-24(10-28(48)9-23)21-54-38-15-31-30(14-36(38)52-3)41(50)47-27(18-42-31)11-25-6-4-5-7-33(25)47/h4-10,12-15,17-18,22,27,39,48H,11,16,19-21H2,1-3H3/t27-,39-/m0/s1. The first-order chi connectivity index (χ1) is 26.3. The van der Waals surface area contributed by atoms with Crippen molar-refractivity contribution in [3.8, 4) is 28.7 Å². The number of carbonyl (C=O) groups is 2. The lowest BCUT2D eigenvalue weighted by Gasteiger charge is -2.32. The van der Waals surface area contributed by atoms with E-state index in [4.69, 9.17) is 28.9 Å². The third-order valence-electron chi connectivity index (χ3n) is 10.4. The summed E-state index contributed by atoms with van der Waals surface area (Å²) in [5.41, 5.74) is 7.31. The zero-order chi connectivity index (χ0) is 37.1. The fourth-order valence-corrected chi connectivity index (χ4v) is 7.67. The molecular weight excluding hydrogens is 688 g/mol. The van der Waals surface area contributed by atoms with Crippen molar-refractivity contribution in [3.63, 3.8) is 0 Å². The van der Waals surface area contributed by atoms with E-state index in [1.165, 1.54) is 14.2 Å². The summed E-state index contributed by atoms with van der Waals surface area (Å²) in [5, 5.41) is 10.7. The number of fused-ring (bicyclic) bond motifs is 7. The maximum Gasteiger partial charge on any atom is 0.261 e. The van der Waals surface area contributed by atoms with Gasteiger partial charge in [-0.1, -0.05) is 18.2 Å². The minimum absolute atomic E-state index is 0.0402. The van der Waals surface area contributed by atoms with Crippen LogP contribution in [0, 0.1) is 0 Å². The Morgan fingerprint density at radius 1 is 0.833 bits per heavy atom. The highest BCUT2D eigenvalue weighted by atomic mass is 16.5. The van der Waals surface area contributed by atoms with Crippen molar-refractivity contribution < 1.29 is 33.6 Å². The molecule has 2 atom stereocenters. The van der Waals surface area contributed by atoms with Gasteiger partial charge in [0.2, 0.25) is 0 Å². The number of carbonyl (C=O) groups excluding carboxylic acids is 2. The Bertz CT molecular complexity index is 2420. The zero-order valence-electron chi connectivity index (χ0n) is 29.9. The van der Waals surface area contributed by atoms with Crippen LogP contribution in [0.25, 0.3) is 0 Å². The van der Waals surface area contributed by atoms with E-state index in [0.29, 0.717) is 75.9 Å². The Kier molecular flexibility index (Phi) is 8.06. The molecule has 2 amide bonds. The van der Waals surface area contributed by atoms with Crippen molar-refractivity contribution in [2.45, 2.75) is 44.8 Å². The highest BCUT2D eigenvalue weighted by Crippen LogP contribution is 2.41. The van der Waals surface area contributed by atoms with Crippen LogP contribution in [0.2, 0.25) is 0 Å². The zero-order valence-corrected chi connectivity index (χ0v) is 29.9. The highest BCUT2D eigenvalue weighted by Gasteiger charge is 2.37. The molecule has 9 rings (SSSR count). The molecule has 1 aromatic heterocycles. The van der Waals surface area contributed by atoms with Crippen LogP contribution < -0.4 is 23.8 Å². The summed E-state index contributed by atoms with van der Waals surface area (Å²) < 4.78 is 25.7. The van der Waals surface area contributed by atoms with E-state index < -0.39 is 0 Å². The Morgan fingerprint density at radius 3 is 2.31 bits per heavy atom. The molecule has 13 heteroatoms. The average Bonchev–Trinajstić information content (AvgIpc) is 3.67. The summed E-state index contributed by atoms with van der Waals surface area (Å²) in [7, 11) is 5.00. The van der Waals surface area contributed by atoms with Crippen LogP contribution in [0.5, 0.6) is 28.7 Å². The SMILES string of the molecule is COc1cc2c(cc1OCc1cc(O)cc(COc3cc4c(cc3OC)C(=O)N3c5ccccc5C[C@H]3C=N4)c1)C=N[C@@H]1Cc3c(ncn3C)CN1C2=O. The molecule has 272 valence electrons. The molecule has 0 unspecified atom stereocenters. The number of imidazole rings is 1. The van der Waals surface area contributed by atoms with E-state index in [2.05, 4.69) is 4.98 Å². The summed E-state index contributed by atoms with van der Waals surface area (Å²) in [4.78, 5) is 45.0. The number of nitrogens with zero attached hydrogens (tertiary/aromatic N) is 6. The first-order valence-corrected chi connectivity index (χ1v) is 17.6. The number of aromatic hydroxyl groups is 1. The first-order valence-electron chi connectivity index (χ1n) is 17.6. The number of amides is 2. The van der Waals surface area contributed by atoms with E-state index in [-0.39, 0.29) is 43.0 Å². The number of rotatable bonds is 8. The van der Waals surface area contributed by atoms with Gasteiger partial charge in [-0.25, -0.2) is 4.98 Å². The molecule has 0 radical (unpaired) electrons. The number of phenolic OH excluding ortho intramolecular Hbond substituents is 1. The van der Waals surface area contributed by atoms with Crippen molar-refractivity contribution in [3.05, 3.63) is 118 Å². The normalized spacial score (nSPS) is 17.8. The molecule has 4 aliphatic heterocycles. The van der Waals surface area contributed by atoms with Gasteiger partial charge in [0.1, 0.15) is 25.1 Å². The molecular formula is C41H36N6O7. The lowest BCUT2D eigenvalue weighted by Crippen LogP contribution is -2.43. The number of aliphatic imine (C=N–C) groups is 2. The number of methoxy groups -OCH3 is 2. The largest absolute Gasteiger partial charge is 0.508 e. The predicted octanol–water partition coefficient (Wildman–Crippen LogP) is 5.55. The minimum atomic E-state index is -0.340. The second kappa shape index (κ2) is 13.1. The topological polar surface area (TPSA) is 140 Å². The van der Waals surface area contributed by atoms with Gasteiger partial charge in [0.15, 0.2) is 23.0 Å². The van der Waals surface area contributed by atoms with Crippen LogP contribution in [0.15, 0.2) is 83.0 Å². The van der Waals surface area contributed by atoms with Gasteiger partial charge in [0.05, 0.1) is 55.6 Å². The Labute approximate surface area is 310 Å². The summed E-state index contributed by atoms with van der Waals surface area (Å²) in [6.45, 7) is 0.563. The summed E-state index contributed by atoms with van der Waals surface area (Å²) in [6.07, 6.45) is 6.23. The molecule has 13 nitrogen and oxygen atoms in total. The minimum Gasteiger partial charge on any atom is -0.508 e. The lowest BCUT2D eigenvalue weighted by molar-refractivity contribution is 0.0646. The van der Waals surface area contributed by atoms with Gasteiger partial charge in [-0.3, -0.25) is 24.5 Å². The molecule has 1 N–H and O–H groups in total. The first kappa shape index (κ1) is 33.2. The van der Waals surface area contributed by atoms with Gasteiger partial charge in [-0.2, -0.15) is 0 Å². The monoisotopic (exact) mass is 724 g/mol.